The molecule has 0 spiro atoms. The van der Waals surface area contributed by atoms with Gasteiger partial charge in [0.1, 0.15) is 5.75 Å². The van der Waals surface area contributed by atoms with Gasteiger partial charge in [-0.25, -0.2) is 13.1 Å². The van der Waals surface area contributed by atoms with E-state index in [1.54, 1.807) is 31.2 Å². The normalized spacial score (nSPS) is 15.1. The van der Waals surface area contributed by atoms with Gasteiger partial charge in [-0.05, 0) is 44.0 Å². The van der Waals surface area contributed by atoms with Crippen LogP contribution in [-0.4, -0.2) is 48.6 Å². The summed E-state index contributed by atoms with van der Waals surface area (Å²) in [4.78, 5) is 26.0. The number of ether oxygens (including phenoxy) is 1. The Morgan fingerprint density at radius 3 is 2.38 bits per heavy atom. The van der Waals surface area contributed by atoms with Crippen molar-refractivity contribution in [3.63, 3.8) is 0 Å². The molecule has 1 N–H and O–H groups in total. The summed E-state index contributed by atoms with van der Waals surface area (Å²) < 4.78 is 34.6. The van der Waals surface area contributed by atoms with Crippen LogP contribution in [-0.2, 0) is 16.6 Å². The van der Waals surface area contributed by atoms with Crippen molar-refractivity contribution in [2.24, 2.45) is 0 Å². The van der Waals surface area contributed by atoms with E-state index in [0.29, 0.717) is 36.2 Å². The first-order valence-electron chi connectivity index (χ1n) is 11.4. The zero-order chi connectivity index (χ0) is 24.3. The van der Waals surface area contributed by atoms with Crippen molar-refractivity contribution in [1.29, 1.82) is 0 Å². The van der Waals surface area contributed by atoms with E-state index >= 15 is 0 Å². The largest absolute Gasteiger partial charge is 0.495 e. The molecule has 1 fully saturated rings. The van der Waals surface area contributed by atoms with Crippen molar-refractivity contribution in [3.05, 3.63) is 58.5 Å². The highest BCUT2D eigenvalue weighted by molar-refractivity contribution is 7.89. The van der Waals surface area contributed by atoms with Gasteiger partial charge in [0.25, 0.3) is 11.5 Å². The smallest absolute Gasteiger partial charge is 0.276 e. The zero-order valence-electron chi connectivity index (χ0n) is 19.3. The first-order chi connectivity index (χ1) is 16.4. The number of carbonyl (C=O) groups is 1. The quantitative estimate of drug-likeness (QED) is 0.575. The number of nitrogens with one attached hydrogen (secondary N) is 1. The lowest BCUT2D eigenvalue weighted by Crippen LogP contribution is -2.32. The summed E-state index contributed by atoms with van der Waals surface area (Å²) in [6.45, 7) is 3.02. The third-order valence-electron chi connectivity index (χ3n) is 6.00. The van der Waals surface area contributed by atoms with Gasteiger partial charge in [-0.1, -0.05) is 31.0 Å². The number of nitrogens with zero attached hydrogens (tertiary/aromatic N) is 3. The average molecular weight is 485 g/mol. The molecule has 0 atom stereocenters. The molecular formula is C24H28N4O5S. The molecule has 1 saturated heterocycles. The van der Waals surface area contributed by atoms with Crippen LogP contribution in [0.2, 0.25) is 0 Å². The fourth-order valence-corrected chi connectivity index (χ4v) is 5.72. The Morgan fingerprint density at radius 1 is 1.06 bits per heavy atom. The first kappa shape index (κ1) is 23.9. The molecule has 1 aromatic heterocycles. The number of sulfonamides is 1. The van der Waals surface area contributed by atoms with Gasteiger partial charge in [-0.3, -0.25) is 9.59 Å². The molecule has 1 aliphatic rings. The lowest BCUT2D eigenvalue weighted by molar-refractivity contribution is 0.102. The lowest BCUT2D eigenvalue weighted by atomic mass is 10.1. The van der Waals surface area contributed by atoms with E-state index in [-0.39, 0.29) is 21.8 Å². The number of fused-ring (bicyclic) bond motifs is 1. The molecule has 0 aliphatic carbocycles. The van der Waals surface area contributed by atoms with Crippen LogP contribution in [0, 0.1) is 0 Å². The number of anilines is 1. The molecule has 34 heavy (non-hydrogen) atoms. The Morgan fingerprint density at radius 2 is 1.74 bits per heavy atom. The standard InChI is InChI=1S/C24H28N4O5S/c1-3-28-24(30)19-11-7-6-10-18(19)22(26-28)23(29)25-20-16-17(12-13-21(20)33-2)34(31,32)27-14-8-4-5-9-15-27/h6-7,10-13,16H,3-5,8-9,14-15H2,1-2H3,(H,25,29). The second-order valence-electron chi connectivity index (χ2n) is 8.15. The minimum Gasteiger partial charge on any atom is -0.495 e. The molecule has 0 saturated carbocycles. The van der Waals surface area contributed by atoms with Crippen molar-refractivity contribution in [1.82, 2.24) is 14.1 Å². The monoisotopic (exact) mass is 484 g/mol. The molecule has 0 unspecified atom stereocenters. The molecule has 10 heteroatoms. The van der Waals surface area contributed by atoms with Crippen LogP contribution < -0.4 is 15.6 Å². The number of aromatic nitrogens is 2. The van der Waals surface area contributed by atoms with E-state index in [0.717, 1.165) is 25.7 Å². The second-order valence-corrected chi connectivity index (χ2v) is 10.1. The van der Waals surface area contributed by atoms with E-state index in [1.807, 2.05) is 0 Å². The van der Waals surface area contributed by atoms with E-state index < -0.39 is 15.9 Å². The topological polar surface area (TPSA) is 111 Å². The SMILES string of the molecule is CCn1nc(C(=O)Nc2cc(S(=O)(=O)N3CCCCCC3)ccc2OC)c2ccccc2c1=O. The fraction of sp³-hybridized carbons (Fsp3) is 0.375. The van der Waals surface area contributed by atoms with Crippen LogP contribution in [0.3, 0.4) is 0 Å². The molecule has 2 aromatic carbocycles. The second kappa shape index (κ2) is 9.94. The van der Waals surface area contributed by atoms with Crippen molar-refractivity contribution in [2.75, 3.05) is 25.5 Å². The van der Waals surface area contributed by atoms with Crippen LogP contribution in [0.5, 0.6) is 5.75 Å². The molecule has 1 aliphatic heterocycles. The Hall–Kier alpha value is -3.24. The molecule has 9 nitrogen and oxygen atoms in total. The minimum atomic E-state index is -3.72. The van der Waals surface area contributed by atoms with Crippen molar-refractivity contribution < 1.29 is 17.9 Å². The number of aryl methyl sites for hydroxylation is 1. The van der Waals surface area contributed by atoms with Crippen LogP contribution in [0.15, 0.2) is 52.2 Å². The van der Waals surface area contributed by atoms with E-state index in [2.05, 4.69) is 10.4 Å². The number of hydrogen-bond acceptors (Lipinski definition) is 6. The van der Waals surface area contributed by atoms with Gasteiger partial charge < -0.3 is 10.1 Å². The van der Waals surface area contributed by atoms with Crippen LogP contribution >= 0.6 is 0 Å². The molecule has 180 valence electrons. The minimum absolute atomic E-state index is 0.0693. The Bertz CT molecular complexity index is 1380. The van der Waals surface area contributed by atoms with Gasteiger partial charge in [-0.2, -0.15) is 9.40 Å². The van der Waals surface area contributed by atoms with Crippen molar-refractivity contribution in [3.8, 4) is 5.75 Å². The van der Waals surface area contributed by atoms with Gasteiger partial charge in [0.2, 0.25) is 10.0 Å². The Kier molecular flexibility index (Phi) is 6.99. The van der Waals surface area contributed by atoms with Crippen LogP contribution in [0.25, 0.3) is 10.8 Å². The number of rotatable bonds is 6. The number of benzene rings is 2. The third kappa shape index (κ3) is 4.55. The molecule has 0 bridgehead atoms. The summed E-state index contributed by atoms with van der Waals surface area (Å²) in [6, 6.07) is 11.2. The lowest BCUT2D eigenvalue weighted by Gasteiger charge is -2.21. The number of carbonyl (C=O) groups excluding carboxylic acids is 1. The fourth-order valence-electron chi connectivity index (χ4n) is 4.18. The third-order valence-corrected chi connectivity index (χ3v) is 7.90. The summed E-state index contributed by atoms with van der Waals surface area (Å²) in [7, 11) is -2.28. The predicted octanol–water partition coefficient (Wildman–Crippen LogP) is 3.24. The molecule has 1 amide bonds. The maximum absolute atomic E-state index is 13.3. The summed E-state index contributed by atoms with van der Waals surface area (Å²) >= 11 is 0. The summed E-state index contributed by atoms with van der Waals surface area (Å²) in [5.41, 5.74) is 0.00109. The average Bonchev–Trinajstić information content (AvgIpc) is 3.15. The molecule has 4 rings (SSSR count). The van der Waals surface area contributed by atoms with Gasteiger partial charge in [-0.15, -0.1) is 0 Å². The molecule has 2 heterocycles. The number of hydrogen-bond donors (Lipinski definition) is 1. The maximum atomic E-state index is 13.3. The van der Waals surface area contributed by atoms with Gasteiger partial charge in [0.15, 0.2) is 5.69 Å². The van der Waals surface area contributed by atoms with Crippen LogP contribution in [0.4, 0.5) is 5.69 Å². The highest BCUT2D eigenvalue weighted by Gasteiger charge is 2.27. The van der Waals surface area contributed by atoms with Crippen molar-refractivity contribution in [2.45, 2.75) is 44.0 Å². The highest BCUT2D eigenvalue weighted by atomic mass is 32.2. The summed E-state index contributed by atoms with van der Waals surface area (Å²) in [5, 5.41) is 7.80. The number of methoxy groups -OCH3 is 1. The molecular weight excluding hydrogens is 456 g/mol. The Labute approximate surface area is 198 Å². The van der Waals surface area contributed by atoms with Gasteiger partial charge in [0, 0.05) is 25.0 Å². The van der Waals surface area contributed by atoms with Gasteiger partial charge in [0.05, 0.1) is 23.1 Å². The van der Waals surface area contributed by atoms with E-state index in [1.165, 1.54) is 34.3 Å². The predicted molar refractivity (Wildman–Crippen MR) is 130 cm³/mol. The number of amides is 1. The summed E-state index contributed by atoms with van der Waals surface area (Å²) in [6.07, 6.45) is 3.67. The van der Waals surface area contributed by atoms with Crippen LogP contribution in [0.1, 0.15) is 43.1 Å². The van der Waals surface area contributed by atoms with E-state index in [4.69, 9.17) is 4.74 Å². The maximum Gasteiger partial charge on any atom is 0.276 e. The molecule has 0 radical (unpaired) electrons. The van der Waals surface area contributed by atoms with Crippen molar-refractivity contribution >= 4 is 32.4 Å². The summed E-state index contributed by atoms with van der Waals surface area (Å²) in [5.74, 6) is -0.252. The molecule has 3 aromatic rings. The Balaban J connectivity index is 1.73. The first-order valence-corrected chi connectivity index (χ1v) is 12.8. The highest BCUT2D eigenvalue weighted by Crippen LogP contribution is 2.30. The van der Waals surface area contributed by atoms with Gasteiger partial charge >= 0.3 is 0 Å². The van der Waals surface area contributed by atoms with E-state index in [9.17, 15) is 18.0 Å². The zero-order valence-corrected chi connectivity index (χ0v) is 20.1.